The Bertz CT molecular complexity index is 466. The van der Waals surface area contributed by atoms with Crippen molar-refractivity contribution in [2.45, 2.75) is 39.9 Å². The van der Waals surface area contributed by atoms with Crippen LogP contribution >= 0.6 is 0 Å². The van der Waals surface area contributed by atoms with E-state index in [1.807, 2.05) is 0 Å². The molecule has 0 fully saturated rings. The standard InChI is InChI=1S/C11H21NO7S/c1-8(13)12-6-5-7-20(17,18)19-11(16,9(14)15)10(2,3)4/h16H,5-7H2,1-4H3,(H,12,13)(H,14,15)/t11-/m0/s1. The van der Waals surface area contributed by atoms with Crippen molar-refractivity contribution in [3.8, 4) is 0 Å². The van der Waals surface area contributed by atoms with Gasteiger partial charge in [-0.25, -0.2) is 8.98 Å². The molecule has 0 spiro atoms. The summed E-state index contributed by atoms with van der Waals surface area (Å²) in [4.78, 5) is 21.7. The van der Waals surface area contributed by atoms with Crippen molar-refractivity contribution >= 4 is 22.0 Å². The van der Waals surface area contributed by atoms with E-state index in [1.165, 1.54) is 27.7 Å². The fourth-order valence-corrected chi connectivity index (χ4v) is 2.49. The molecule has 0 aliphatic carbocycles. The van der Waals surface area contributed by atoms with E-state index in [2.05, 4.69) is 9.50 Å². The summed E-state index contributed by atoms with van der Waals surface area (Å²) in [6.07, 6.45) is 0.0434. The molecule has 0 aliphatic rings. The molecule has 0 aliphatic heterocycles. The first-order valence-electron chi connectivity index (χ1n) is 5.95. The average molecular weight is 311 g/mol. The van der Waals surface area contributed by atoms with Crippen molar-refractivity contribution in [2.24, 2.45) is 5.41 Å². The van der Waals surface area contributed by atoms with E-state index in [1.54, 1.807) is 0 Å². The van der Waals surface area contributed by atoms with Crippen LogP contribution < -0.4 is 5.32 Å². The van der Waals surface area contributed by atoms with Gasteiger partial charge < -0.3 is 15.5 Å². The summed E-state index contributed by atoms with van der Waals surface area (Å²) >= 11 is 0. The first-order chi connectivity index (χ1) is 8.82. The molecule has 1 amide bonds. The van der Waals surface area contributed by atoms with Crippen molar-refractivity contribution in [2.75, 3.05) is 12.3 Å². The van der Waals surface area contributed by atoms with Gasteiger partial charge in [-0.15, -0.1) is 0 Å². The number of hydrogen-bond donors (Lipinski definition) is 3. The van der Waals surface area contributed by atoms with Gasteiger partial charge in [-0.1, -0.05) is 20.8 Å². The van der Waals surface area contributed by atoms with Gasteiger partial charge in [-0.05, 0) is 6.42 Å². The summed E-state index contributed by atoms with van der Waals surface area (Å²) in [5, 5.41) is 21.3. The Morgan fingerprint density at radius 2 is 1.75 bits per heavy atom. The van der Waals surface area contributed by atoms with E-state index in [9.17, 15) is 23.1 Å². The molecule has 0 rings (SSSR count). The molecule has 8 nitrogen and oxygen atoms in total. The highest BCUT2D eigenvalue weighted by molar-refractivity contribution is 7.86. The minimum Gasteiger partial charge on any atom is -0.477 e. The van der Waals surface area contributed by atoms with Crippen LogP contribution in [0.5, 0.6) is 0 Å². The fourth-order valence-electron chi connectivity index (χ4n) is 1.22. The van der Waals surface area contributed by atoms with Crippen LogP contribution in [0, 0.1) is 5.41 Å². The third-order valence-corrected chi connectivity index (χ3v) is 3.78. The van der Waals surface area contributed by atoms with E-state index >= 15 is 0 Å². The predicted molar refractivity (Wildman–Crippen MR) is 70.2 cm³/mol. The van der Waals surface area contributed by atoms with Crippen LogP contribution in [0.3, 0.4) is 0 Å². The topological polar surface area (TPSA) is 130 Å². The molecule has 0 aromatic carbocycles. The largest absolute Gasteiger partial charge is 0.477 e. The number of hydrogen-bond acceptors (Lipinski definition) is 6. The van der Waals surface area contributed by atoms with Gasteiger partial charge in [-0.3, -0.25) is 4.79 Å². The summed E-state index contributed by atoms with van der Waals surface area (Å²) in [5.74, 6) is -5.45. The Labute approximate surface area is 118 Å². The minimum absolute atomic E-state index is 0.0434. The number of amides is 1. The zero-order valence-corrected chi connectivity index (χ0v) is 12.8. The molecule has 1 atom stereocenters. The second kappa shape index (κ2) is 6.51. The van der Waals surface area contributed by atoms with Gasteiger partial charge in [0.15, 0.2) is 0 Å². The molecule has 0 bridgehead atoms. The number of carbonyl (C=O) groups is 2. The number of carbonyl (C=O) groups excluding carboxylic acids is 1. The smallest absolute Gasteiger partial charge is 0.366 e. The molecular weight excluding hydrogens is 290 g/mol. The lowest BCUT2D eigenvalue weighted by molar-refractivity contribution is -0.224. The number of aliphatic hydroxyl groups is 1. The number of rotatable bonds is 7. The van der Waals surface area contributed by atoms with Crippen molar-refractivity contribution in [3.05, 3.63) is 0 Å². The van der Waals surface area contributed by atoms with Crippen LogP contribution in [0.4, 0.5) is 0 Å². The highest BCUT2D eigenvalue weighted by atomic mass is 32.2. The molecule has 20 heavy (non-hydrogen) atoms. The Morgan fingerprint density at radius 3 is 2.10 bits per heavy atom. The number of carboxylic acid groups (broad SMARTS) is 1. The summed E-state index contributed by atoms with van der Waals surface area (Å²) in [5.41, 5.74) is -1.34. The molecule has 0 saturated carbocycles. The van der Waals surface area contributed by atoms with Crippen molar-refractivity contribution in [1.29, 1.82) is 0 Å². The first kappa shape index (κ1) is 18.8. The maximum absolute atomic E-state index is 11.7. The van der Waals surface area contributed by atoms with Crippen molar-refractivity contribution < 1.29 is 32.4 Å². The second-order valence-corrected chi connectivity index (χ2v) is 7.07. The maximum atomic E-state index is 11.7. The Balaban J connectivity index is 4.80. The Morgan fingerprint density at radius 1 is 1.25 bits per heavy atom. The van der Waals surface area contributed by atoms with Gasteiger partial charge in [0, 0.05) is 18.9 Å². The molecule has 0 radical (unpaired) electrons. The molecule has 0 aromatic heterocycles. The fraction of sp³-hybridized carbons (Fsp3) is 0.818. The summed E-state index contributed by atoms with van der Waals surface area (Å²) in [6, 6.07) is 0. The van der Waals surface area contributed by atoms with Crippen LogP contribution in [0.15, 0.2) is 0 Å². The van der Waals surface area contributed by atoms with E-state index < -0.39 is 33.0 Å². The van der Waals surface area contributed by atoms with Gasteiger partial charge in [0.1, 0.15) is 0 Å². The Kier molecular flexibility index (Phi) is 6.12. The van der Waals surface area contributed by atoms with Gasteiger partial charge in [0.2, 0.25) is 5.91 Å². The van der Waals surface area contributed by atoms with E-state index in [0.717, 1.165) is 0 Å². The number of nitrogens with one attached hydrogen (secondary N) is 1. The number of carboxylic acids is 1. The summed E-state index contributed by atoms with van der Waals surface area (Å²) in [6.45, 7) is 5.42. The third-order valence-electron chi connectivity index (χ3n) is 2.50. The van der Waals surface area contributed by atoms with Gasteiger partial charge in [0.05, 0.1) is 5.75 Å². The van der Waals surface area contributed by atoms with Crippen LogP contribution in [0.2, 0.25) is 0 Å². The highest BCUT2D eigenvalue weighted by Crippen LogP contribution is 2.33. The van der Waals surface area contributed by atoms with Gasteiger partial charge in [0.25, 0.3) is 15.9 Å². The van der Waals surface area contributed by atoms with E-state index in [4.69, 9.17) is 5.11 Å². The molecule has 118 valence electrons. The maximum Gasteiger partial charge on any atom is 0.366 e. The molecule has 0 saturated heterocycles. The van der Waals surface area contributed by atoms with Gasteiger partial charge in [-0.2, -0.15) is 8.42 Å². The summed E-state index contributed by atoms with van der Waals surface area (Å²) < 4.78 is 27.8. The van der Waals surface area contributed by atoms with Gasteiger partial charge >= 0.3 is 5.97 Å². The van der Waals surface area contributed by atoms with Crippen LogP contribution in [-0.4, -0.2) is 48.6 Å². The molecule has 9 heteroatoms. The normalized spacial score (nSPS) is 15.4. The lowest BCUT2D eigenvalue weighted by atomic mass is 9.86. The average Bonchev–Trinajstić information content (AvgIpc) is 2.21. The summed E-state index contributed by atoms with van der Waals surface area (Å²) in [7, 11) is -4.25. The quantitative estimate of drug-likeness (QED) is 0.333. The Hall–Kier alpha value is -1.19. The van der Waals surface area contributed by atoms with Crippen LogP contribution in [0.1, 0.15) is 34.1 Å². The van der Waals surface area contributed by atoms with E-state index in [-0.39, 0.29) is 18.9 Å². The third kappa shape index (κ3) is 5.43. The zero-order valence-electron chi connectivity index (χ0n) is 12.0. The molecular formula is C11H21NO7S. The second-order valence-electron chi connectivity index (χ2n) is 5.38. The minimum atomic E-state index is -4.25. The van der Waals surface area contributed by atoms with Crippen molar-refractivity contribution in [1.82, 2.24) is 5.32 Å². The molecule has 0 aromatic rings. The number of aliphatic carboxylic acids is 1. The lowest BCUT2D eigenvalue weighted by Crippen LogP contribution is -2.53. The highest BCUT2D eigenvalue weighted by Gasteiger charge is 2.52. The lowest BCUT2D eigenvalue weighted by Gasteiger charge is -2.34. The first-order valence-corrected chi connectivity index (χ1v) is 7.53. The van der Waals surface area contributed by atoms with Crippen LogP contribution in [0.25, 0.3) is 0 Å². The monoisotopic (exact) mass is 311 g/mol. The molecule has 0 unspecified atom stereocenters. The van der Waals surface area contributed by atoms with Crippen molar-refractivity contribution in [3.63, 3.8) is 0 Å². The SMILES string of the molecule is CC(=O)NCCCS(=O)(=O)O[C@@](O)(C(=O)O)C(C)(C)C. The molecule has 3 N–H and O–H groups in total. The van der Waals surface area contributed by atoms with Crippen LogP contribution in [-0.2, 0) is 23.9 Å². The predicted octanol–water partition coefficient (Wildman–Crippen LogP) is -0.322. The zero-order chi connectivity index (χ0) is 16.2. The molecule has 0 heterocycles. The van der Waals surface area contributed by atoms with E-state index in [0.29, 0.717) is 0 Å².